The van der Waals surface area contributed by atoms with Crippen molar-refractivity contribution in [2.24, 2.45) is 0 Å². The molecule has 3 heterocycles. The average Bonchev–Trinajstić information content (AvgIpc) is 3.43. The number of benzene rings is 1. The van der Waals surface area contributed by atoms with Crippen LogP contribution in [0.1, 0.15) is 40.3 Å². The van der Waals surface area contributed by atoms with Crippen LogP contribution in [0.25, 0.3) is 5.69 Å². The van der Waals surface area contributed by atoms with Crippen LogP contribution >= 0.6 is 12.2 Å². The van der Waals surface area contributed by atoms with Crippen LogP contribution in [0.2, 0.25) is 0 Å². The van der Waals surface area contributed by atoms with Crippen molar-refractivity contribution in [2.45, 2.75) is 18.5 Å². The van der Waals surface area contributed by atoms with Crippen LogP contribution in [0.4, 0.5) is 0 Å². The highest BCUT2D eigenvalue weighted by Crippen LogP contribution is 2.39. The van der Waals surface area contributed by atoms with Gasteiger partial charge in [0.1, 0.15) is 0 Å². The van der Waals surface area contributed by atoms with E-state index < -0.39 is 0 Å². The largest absolute Gasteiger partial charge is 0.465 e. The molecular weight excluding hydrogens is 434 g/mol. The first-order valence-electron chi connectivity index (χ1n) is 11.0. The van der Waals surface area contributed by atoms with Gasteiger partial charge >= 0.3 is 5.97 Å². The number of esters is 1. The van der Waals surface area contributed by atoms with Crippen molar-refractivity contribution in [3.8, 4) is 5.69 Å². The number of aromatic nitrogens is 2. The maximum absolute atomic E-state index is 11.8. The van der Waals surface area contributed by atoms with Crippen molar-refractivity contribution in [1.29, 1.82) is 0 Å². The van der Waals surface area contributed by atoms with Gasteiger partial charge in [0.15, 0.2) is 5.11 Å². The highest BCUT2D eigenvalue weighted by molar-refractivity contribution is 7.80. The molecule has 2 atom stereocenters. The average molecular weight is 464 g/mol. The molecule has 0 unspecified atom stereocenters. The summed E-state index contributed by atoms with van der Waals surface area (Å²) in [5, 5.41) is 4.25. The Bertz CT molecular complexity index is 1100. The number of nitrogens with zero attached hydrogens (tertiary/aromatic N) is 4. The molecule has 0 radical (unpaired) electrons. The molecule has 0 aliphatic carbocycles. The number of ether oxygens (including phenoxy) is 1. The Balaban J connectivity index is 1.71. The molecule has 1 saturated heterocycles. The molecule has 0 saturated carbocycles. The van der Waals surface area contributed by atoms with Crippen molar-refractivity contribution in [3.63, 3.8) is 0 Å². The molecule has 0 spiro atoms. The van der Waals surface area contributed by atoms with Crippen LogP contribution in [0, 0.1) is 0 Å². The topological polar surface area (TPSA) is 62.6 Å². The summed E-state index contributed by atoms with van der Waals surface area (Å²) in [7, 11) is 5.55. The summed E-state index contributed by atoms with van der Waals surface area (Å²) in [4.78, 5) is 20.9. The normalized spacial score (nSPS) is 17.9. The van der Waals surface area contributed by atoms with Crippen LogP contribution < -0.4 is 5.32 Å². The number of nitrogens with one attached hydrogen (secondary N) is 1. The van der Waals surface area contributed by atoms with E-state index in [-0.39, 0.29) is 18.1 Å². The van der Waals surface area contributed by atoms with E-state index in [4.69, 9.17) is 17.0 Å². The fourth-order valence-electron chi connectivity index (χ4n) is 4.27. The zero-order chi connectivity index (χ0) is 23.4. The second-order valence-electron chi connectivity index (χ2n) is 8.32. The number of rotatable bonds is 8. The lowest BCUT2D eigenvalue weighted by Gasteiger charge is -2.29. The lowest BCUT2D eigenvalue weighted by Crippen LogP contribution is -2.33. The smallest absolute Gasteiger partial charge is 0.337 e. The van der Waals surface area contributed by atoms with E-state index in [1.165, 1.54) is 7.11 Å². The van der Waals surface area contributed by atoms with Gasteiger partial charge in [-0.05, 0) is 87.8 Å². The first-order valence-corrected chi connectivity index (χ1v) is 11.4. The van der Waals surface area contributed by atoms with Crippen LogP contribution in [0.3, 0.4) is 0 Å². The predicted molar refractivity (Wildman–Crippen MR) is 132 cm³/mol. The van der Waals surface area contributed by atoms with E-state index in [0.717, 1.165) is 41.7 Å². The Morgan fingerprint density at radius 1 is 1.15 bits per heavy atom. The highest BCUT2D eigenvalue weighted by atomic mass is 32.1. The van der Waals surface area contributed by atoms with E-state index >= 15 is 0 Å². The Morgan fingerprint density at radius 3 is 2.61 bits per heavy atom. The van der Waals surface area contributed by atoms with Gasteiger partial charge < -0.3 is 24.4 Å². The fourth-order valence-corrected chi connectivity index (χ4v) is 4.60. The van der Waals surface area contributed by atoms with Crippen LogP contribution in [-0.2, 0) is 4.74 Å². The second-order valence-corrected chi connectivity index (χ2v) is 8.71. The van der Waals surface area contributed by atoms with Gasteiger partial charge in [-0.25, -0.2) is 4.79 Å². The molecule has 4 rings (SSSR count). The van der Waals surface area contributed by atoms with Crippen molar-refractivity contribution < 1.29 is 9.53 Å². The second kappa shape index (κ2) is 10.1. The SMILES string of the molecule is COC(=O)c1ccc(-n2cccc2[C@H]2[C@H](c3ccccn3)NC(=S)N2CCCN(C)C)cc1. The summed E-state index contributed by atoms with van der Waals surface area (Å²) in [6, 6.07) is 17.5. The zero-order valence-corrected chi connectivity index (χ0v) is 20.0. The van der Waals surface area contributed by atoms with Crippen molar-refractivity contribution >= 4 is 23.3 Å². The summed E-state index contributed by atoms with van der Waals surface area (Å²) >= 11 is 5.78. The number of hydrogen-bond acceptors (Lipinski definition) is 5. The van der Waals surface area contributed by atoms with E-state index in [1.54, 1.807) is 12.1 Å². The molecule has 7 nitrogen and oxygen atoms in total. The summed E-state index contributed by atoms with van der Waals surface area (Å²) in [5.74, 6) is -0.345. The quantitative estimate of drug-likeness (QED) is 0.405. The van der Waals surface area contributed by atoms with Crippen LogP contribution in [0.15, 0.2) is 67.0 Å². The molecule has 1 fully saturated rings. The minimum Gasteiger partial charge on any atom is -0.465 e. The van der Waals surface area contributed by atoms with Gasteiger partial charge in [-0.3, -0.25) is 4.98 Å². The van der Waals surface area contributed by atoms with E-state index in [9.17, 15) is 4.79 Å². The van der Waals surface area contributed by atoms with Gasteiger partial charge in [0.25, 0.3) is 0 Å². The minimum atomic E-state index is -0.345. The summed E-state index contributed by atoms with van der Waals surface area (Å²) in [6.45, 7) is 1.82. The van der Waals surface area contributed by atoms with Crippen molar-refractivity contribution in [2.75, 3.05) is 34.3 Å². The van der Waals surface area contributed by atoms with Crippen LogP contribution in [-0.4, -0.2) is 64.7 Å². The van der Waals surface area contributed by atoms with Gasteiger partial charge in [0.05, 0.1) is 30.5 Å². The number of hydrogen-bond donors (Lipinski definition) is 1. The van der Waals surface area contributed by atoms with E-state index in [0.29, 0.717) is 5.56 Å². The zero-order valence-electron chi connectivity index (χ0n) is 19.1. The molecule has 172 valence electrons. The lowest BCUT2D eigenvalue weighted by atomic mass is 10.0. The molecule has 1 N–H and O–H groups in total. The number of thiocarbonyl (C=S) groups is 1. The predicted octanol–water partition coefficient (Wildman–Crippen LogP) is 3.58. The van der Waals surface area contributed by atoms with Gasteiger partial charge in [-0.1, -0.05) is 6.07 Å². The first-order chi connectivity index (χ1) is 16.0. The maximum Gasteiger partial charge on any atom is 0.337 e. The molecule has 1 aromatic carbocycles. The minimum absolute atomic E-state index is 0.0233. The molecule has 3 aromatic rings. The van der Waals surface area contributed by atoms with Crippen LogP contribution in [0.5, 0.6) is 0 Å². The van der Waals surface area contributed by atoms with Gasteiger partial charge in [0, 0.05) is 30.3 Å². The Labute approximate surface area is 200 Å². The molecule has 2 aromatic heterocycles. The molecule has 1 aliphatic heterocycles. The fraction of sp³-hybridized carbons (Fsp3) is 0.320. The van der Waals surface area contributed by atoms with E-state index in [1.807, 2.05) is 48.8 Å². The monoisotopic (exact) mass is 463 g/mol. The number of pyridine rings is 1. The molecule has 8 heteroatoms. The number of carbonyl (C=O) groups excluding carboxylic acids is 1. The summed E-state index contributed by atoms with van der Waals surface area (Å²) in [5.41, 5.74) is 3.55. The third kappa shape index (κ3) is 4.91. The first kappa shape index (κ1) is 22.9. The van der Waals surface area contributed by atoms with Gasteiger partial charge in [-0.15, -0.1) is 0 Å². The highest BCUT2D eigenvalue weighted by Gasteiger charge is 2.40. The maximum atomic E-state index is 11.8. The molecule has 33 heavy (non-hydrogen) atoms. The third-order valence-electron chi connectivity index (χ3n) is 5.85. The number of carbonyl (C=O) groups is 1. The number of methoxy groups -OCH3 is 1. The Morgan fingerprint density at radius 2 is 1.94 bits per heavy atom. The van der Waals surface area contributed by atoms with E-state index in [2.05, 4.69) is 44.8 Å². The molecular formula is C25H29N5O2S. The lowest BCUT2D eigenvalue weighted by molar-refractivity contribution is 0.0600. The summed E-state index contributed by atoms with van der Waals surface area (Å²) in [6.07, 6.45) is 4.85. The summed E-state index contributed by atoms with van der Waals surface area (Å²) < 4.78 is 6.98. The van der Waals surface area contributed by atoms with Crippen molar-refractivity contribution in [1.82, 2.24) is 24.7 Å². The Kier molecular flexibility index (Phi) is 7.05. The Hall–Kier alpha value is -3.23. The molecule has 0 amide bonds. The standard InChI is InChI=1S/C25H29N5O2S/c1-28(2)15-7-17-30-23(22(27-25(30)33)20-8-4-5-14-26-20)21-9-6-16-29(21)19-12-10-18(11-13-19)24(31)32-3/h4-6,8-14,16,22-23H,7,15,17H2,1-3H3,(H,27,33)/t22-,23-/m0/s1. The third-order valence-corrected chi connectivity index (χ3v) is 6.20. The van der Waals surface area contributed by atoms with Gasteiger partial charge in [0.2, 0.25) is 0 Å². The molecule has 0 bridgehead atoms. The molecule has 1 aliphatic rings. The van der Waals surface area contributed by atoms with Gasteiger partial charge in [-0.2, -0.15) is 0 Å². The van der Waals surface area contributed by atoms with Crippen molar-refractivity contribution in [3.05, 3.63) is 83.9 Å².